The Hall–Kier alpha value is -1.97. The molecule has 150 valence electrons. The Balaban J connectivity index is 1.64. The number of hydrogen-bond donors (Lipinski definition) is 1. The van der Waals surface area contributed by atoms with E-state index < -0.39 is 5.97 Å². The van der Waals surface area contributed by atoms with Gasteiger partial charge in [0.05, 0.1) is 6.42 Å². The molecule has 1 N–H and O–H groups in total. The lowest BCUT2D eigenvalue weighted by molar-refractivity contribution is -0.139. The lowest BCUT2D eigenvalue weighted by atomic mass is 9.51. The van der Waals surface area contributed by atoms with Gasteiger partial charge in [-0.15, -0.1) is 0 Å². The largest absolute Gasteiger partial charge is 0.481 e. The number of Topliss-reactive ketones (excluding diaryl/α,β-unsaturated/α-hetero) is 1. The van der Waals surface area contributed by atoms with Crippen molar-refractivity contribution in [1.82, 2.24) is 0 Å². The van der Waals surface area contributed by atoms with Crippen LogP contribution in [0.5, 0.6) is 0 Å². The fourth-order valence-electron chi connectivity index (χ4n) is 6.73. The van der Waals surface area contributed by atoms with E-state index in [2.05, 4.69) is 26.0 Å². The van der Waals surface area contributed by atoms with Gasteiger partial charge in [0.2, 0.25) is 0 Å². The van der Waals surface area contributed by atoms with E-state index in [0.29, 0.717) is 11.8 Å². The van der Waals surface area contributed by atoms with Gasteiger partial charge in [0, 0.05) is 17.8 Å². The predicted octanol–water partition coefficient (Wildman–Crippen LogP) is 4.65. The van der Waals surface area contributed by atoms with Crippen LogP contribution < -0.4 is 0 Å². The number of fused-ring (bicyclic) bond motifs is 5. The normalized spacial score (nSPS) is 39.2. The summed E-state index contributed by atoms with van der Waals surface area (Å²) in [6.45, 7) is 6.41. The molecule has 2 saturated carbocycles. The van der Waals surface area contributed by atoms with Crippen LogP contribution in [0.3, 0.4) is 0 Å². The van der Waals surface area contributed by atoms with Crippen molar-refractivity contribution in [2.24, 2.45) is 28.6 Å². The average Bonchev–Trinajstić information content (AvgIpc) is 2.98. The summed E-state index contributed by atoms with van der Waals surface area (Å²) >= 11 is 0. The van der Waals surface area contributed by atoms with E-state index in [4.69, 9.17) is 5.11 Å². The quantitative estimate of drug-likeness (QED) is 0.718. The predicted molar refractivity (Wildman–Crippen MR) is 107 cm³/mol. The van der Waals surface area contributed by atoms with E-state index in [1.54, 1.807) is 0 Å². The van der Waals surface area contributed by atoms with Crippen LogP contribution in [-0.2, 0) is 14.4 Å². The third-order valence-electron chi connectivity index (χ3n) is 8.22. The fourth-order valence-corrected chi connectivity index (χ4v) is 6.73. The van der Waals surface area contributed by atoms with Crippen LogP contribution in [0.4, 0.5) is 0 Å². The first-order valence-corrected chi connectivity index (χ1v) is 10.6. The summed E-state index contributed by atoms with van der Waals surface area (Å²) < 4.78 is 0. The van der Waals surface area contributed by atoms with Gasteiger partial charge in [0.1, 0.15) is 5.78 Å². The second-order valence-electron chi connectivity index (χ2n) is 9.67. The number of carboxylic acids is 1. The highest BCUT2D eigenvalue weighted by Gasteiger charge is 2.56. The maximum Gasteiger partial charge on any atom is 0.303 e. The molecule has 0 heterocycles. The van der Waals surface area contributed by atoms with Gasteiger partial charge in [-0.2, -0.15) is 0 Å². The molecule has 4 rings (SSSR count). The highest BCUT2D eigenvalue weighted by Crippen LogP contribution is 2.64. The van der Waals surface area contributed by atoms with Crippen molar-refractivity contribution >= 4 is 17.5 Å². The van der Waals surface area contributed by atoms with Crippen LogP contribution in [0.25, 0.3) is 0 Å². The van der Waals surface area contributed by atoms with Gasteiger partial charge in [-0.1, -0.05) is 30.2 Å². The van der Waals surface area contributed by atoms with Crippen molar-refractivity contribution in [3.05, 3.63) is 34.9 Å². The lowest BCUT2D eigenvalue weighted by Crippen LogP contribution is -2.45. The summed E-state index contributed by atoms with van der Waals surface area (Å²) in [6.07, 6.45) is 11.2. The summed E-state index contributed by atoms with van der Waals surface area (Å²) in [4.78, 5) is 35.9. The molecule has 0 aromatic carbocycles. The Kier molecular flexibility index (Phi) is 4.52. The van der Waals surface area contributed by atoms with Crippen LogP contribution in [0.2, 0.25) is 0 Å². The van der Waals surface area contributed by atoms with Crippen LogP contribution in [-0.4, -0.2) is 22.6 Å². The summed E-state index contributed by atoms with van der Waals surface area (Å²) in [5.74, 6) is 0.270. The molecule has 0 aliphatic heterocycles. The van der Waals surface area contributed by atoms with E-state index in [1.807, 2.05) is 13.0 Å². The van der Waals surface area contributed by atoms with Crippen molar-refractivity contribution < 1.29 is 19.5 Å². The van der Waals surface area contributed by atoms with Crippen LogP contribution in [0.1, 0.15) is 65.7 Å². The molecule has 5 atom stereocenters. The molecular weight excluding hydrogens is 352 g/mol. The van der Waals surface area contributed by atoms with Gasteiger partial charge in [-0.3, -0.25) is 14.4 Å². The Bertz CT molecular complexity index is 845. The zero-order valence-electron chi connectivity index (χ0n) is 17.1. The monoisotopic (exact) mass is 382 g/mol. The van der Waals surface area contributed by atoms with E-state index in [1.165, 1.54) is 11.1 Å². The molecule has 4 heteroatoms. The second-order valence-corrected chi connectivity index (χ2v) is 9.67. The number of hydrogen-bond acceptors (Lipinski definition) is 3. The Morgan fingerprint density at radius 3 is 2.64 bits per heavy atom. The molecule has 2 fully saturated rings. The minimum Gasteiger partial charge on any atom is -0.481 e. The first-order valence-electron chi connectivity index (χ1n) is 10.6. The Labute approximate surface area is 166 Å². The summed E-state index contributed by atoms with van der Waals surface area (Å²) in [5, 5.41) is 8.94. The van der Waals surface area contributed by atoms with Gasteiger partial charge in [0.15, 0.2) is 5.78 Å². The zero-order valence-corrected chi connectivity index (χ0v) is 17.1. The third-order valence-corrected chi connectivity index (χ3v) is 8.22. The molecule has 0 bridgehead atoms. The minimum atomic E-state index is -0.896. The summed E-state index contributed by atoms with van der Waals surface area (Å²) in [5.41, 5.74) is 3.28. The lowest BCUT2D eigenvalue weighted by Gasteiger charge is -2.52. The molecule has 0 amide bonds. The zero-order chi connectivity index (χ0) is 20.3. The van der Waals surface area contributed by atoms with Crippen molar-refractivity contribution in [3.63, 3.8) is 0 Å². The van der Waals surface area contributed by atoms with Crippen molar-refractivity contribution in [3.8, 4) is 0 Å². The molecule has 0 aromatic heterocycles. The smallest absolute Gasteiger partial charge is 0.303 e. The molecule has 0 spiro atoms. The topological polar surface area (TPSA) is 71.4 Å². The van der Waals surface area contributed by atoms with Crippen molar-refractivity contribution in [2.75, 3.05) is 0 Å². The Morgan fingerprint density at radius 1 is 1.18 bits per heavy atom. The second kappa shape index (κ2) is 6.53. The summed E-state index contributed by atoms with van der Waals surface area (Å²) in [7, 11) is 0. The molecule has 4 aliphatic rings. The molecular formula is C24H30O4. The molecule has 0 radical (unpaired) electrons. The van der Waals surface area contributed by atoms with Gasteiger partial charge in [0.25, 0.3) is 0 Å². The molecule has 0 unspecified atom stereocenters. The van der Waals surface area contributed by atoms with Gasteiger partial charge < -0.3 is 5.11 Å². The molecule has 0 aromatic rings. The maximum absolute atomic E-state index is 12.8. The highest BCUT2D eigenvalue weighted by atomic mass is 16.4. The van der Waals surface area contributed by atoms with Crippen molar-refractivity contribution in [2.45, 2.75) is 65.7 Å². The number of carbonyl (C=O) groups excluding carboxylic acids is 2. The SMILES string of the molecule is CC1=C[C@@]2(C)C(=CC1=O)CC[C@@H]1C2=CC[C@]2(C)[C@@H](C(=O)CCC(=O)O)CC[C@@H]12. The fraction of sp³-hybridized carbons (Fsp3) is 0.625. The van der Waals surface area contributed by atoms with Crippen LogP contribution in [0, 0.1) is 28.6 Å². The third kappa shape index (κ3) is 2.75. The van der Waals surface area contributed by atoms with Gasteiger partial charge in [-0.05, 0) is 74.9 Å². The van der Waals surface area contributed by atoms with Gasteiger partial charge >= 0.3 is 5.97 Å². The van der Waals surface area contributed by atoms with E-state index in [9.17, 15) is 14.4 Å². The van der Waals surface area contributed by atoms with E-state index >= 15 is 0 Å². The number of rotatable bonds is 4. The summed E-state index contributed by atoms with van der Waals surface area (Å²) in [6, 6.07) is 0. The van der Waals surface area contributed by atoms with Crippen LogP contribution in [0.15, 0.2) is 34.9 Å². The highest BCUT2D eigenvalue weighted by molar-refractivity contribution is 6.05. The molecule has 4 nitrogen and oxygen atoms in total. The van der Waals surface area contributed by atoms with E-state index in [0.717, 1.165) is 37.7 Å². The average molecular weight is 383 g/mol. The maximum atomic E-state index is 12.8. The molecule has 28 heavy (non-hydrogen) atoms. The first-order chi connectivity index (χ1) is 13.2. The van der Waals surface area contributed by atoms with Gasteiger partial charge in [-0.25, -0.2) is 0 Å². The number of ketones is 2. The number of aliphatic carboxylic acids is 1. The van der Waals surface area contributed by atoms with Crippen LogP contribution >= 0.6 is 0 Å². The minimum absolute atomic E-state index is 0.0235. The standard InChI is InChI=1S/C24H30O4/c1-14-13-24(3)15(12-21(14)26)4-5-16-17-6-7-19(20(25)8-9-22(27)28)23(17,2)11-10-18(16)24/h10,12-13,16-17,19H,4-9,11H2,1-3H3,(H,27,28)/t16-,17-,19+,23-,24-/m0/s1. The first kappa shape index (κ1) is 19.4. The number of carboxylic acid groups (broad SMARTS) is 1. The molecule has 4 aliphatic carbocycles. The van der Waals surface area contributed by atoms with Crippen molar-refractivity contribution in [1.29, 1.82) is 0 Å². The number of carbonyl (C=O) groups is 3. The van der Waals surface area contributed by atoms with E-state index in [-0.39, 0.29) is 41.2 Å². The Morgan fingerprint density at radius 2 is 1.93 bits per heavy atom. The molecule has 0 saturated heterocycles. The number of allylic oxidation sites excluding steroid dienone is 6.